The molecule has 132 valence electrons. The monoisotopic (exact) mass is 360 g/mol. The number of carbonyl (C=O) groups excluding carboxylic acids is 1. The number of carbonyl (C=O) groups is 1. The Morgan fingerprint density at radius 3 is 2.36 bits per heavy atom. The van der Waals surface area contributed by atoms with Gasteiger partial charge in [0.05, 0.1) is 18.1 Å². The van der Waals surface area contributed by atoms with Crippen molar-refractivity contribution in [3.05, 3.63) is 34.6 Å². The van der Waals surface area contributed by atoms with Crippen LogP contribution in [0.25, 0.3) is 0 Å². The molecule has 0 radical (unpaired) electrons. The van der Waals surface area contributed by atoms with Crippen molar-refractivity contribution in [3.8, 4) is 6.07 Å². The molecule has 3 nitrogen and oxygen atoms in total. The zero-order valence-corrected chi connectivity index (χ0v) is 14.9. The summed E-state index contributed by atoms with van der Waals surface area (Å²) in [5, 5.41) is 9.35. The Morgan fingerprint density at radius 2 is 1.84 bits per heavy atom. The third-order valence-corrected chi connectivity index (χ3v) is 6.67. The fourth-order valence-corrected chi connectivity index (χ4v) is 6.08. The van der Waals surface area contributed by atoms with Crippen LogP contribution in [-0.2, 0) is 0 Å². The van der Waals surface area contributed by atoms with Crippen LogP contribution in [0.4, 0.5) is 4.39 Å². The Bertz CT molecular complexity index is 706. The molecular formula is C20H22ClFN2O. The largest absolute Gasteiger partial charge is 0.332 e. The first-order valence-electron chi connectivity index (χ1n) is 9.15. The summed E-state index contributed by atoms with van der Waals surface area (Å²) in [5.41, 5.74) is -0.118. The van der Waals surface area contributed by atoms with E-state index < -0.39 is 5.82 Å². The highest BCUT2D eigenvalue weighted by molar-refractivity contribution is 6.30. The van der Waals surface area contributed by atoms with E-state index in [0.29, 0.717) is 24.3 Å². The van der Waals surface area contributed by atoms with Crippen LogP contribution in [-0.4, -0.2) is 22.9 Å². The minimum atomic E-state index is -0.579. The van der Waals surface area contributed by atoms with Crippen LogP contribution in [0.15, 0.2) is 18.2 Å². The second-order valence-electron chi connectivity index (χ2n) is 8.13. The maximum absolute atomic E-state index is 14.4. The Balaban J connectivity index is 1.68. The van der Waals surface area contributed by atoms with Gasteiger partial charge >= 0.3 is 0 Å². The molecule has 5 heteroatoms. The summed E-state index contributed by atoms with van der Waals surface area (Å²) in [4.78, 5) is 15.1. The Kier molecular flexibility index (Phi) is 4.24. The molecule has 0 aromatic heterocycles. The summed E-state index contributed by atoms with van der Waals surface area (Å²) in [6, 6.07) is 6.37. The average molecular weight is 361 g/mol. The summed E-state index contributed by atoms with van der Waals surface area (Å²) in [6.07, 6.45) is 7.11. The third-order valence-electron chi connectivity index (χ3n) is 6.43. The van der Waals surface area contributed by atoms with Gasteiger partial charge in [-0.3, -0.25) is 4.79 Å². The Morgan fingerprint density at radius 1 is 1.24 bits per heavy atom. The van der Waals surface area contributed by atoms with Crippen LogP contribution >= 0.6 is 11.6 Å². The highest BCUT2D eigenvalue weighted by Gasteiger charge is 2.54. The van der Waals surface area contributed by atoms with Crippen LogP contribution in [0.1, 0.15) is 55.3 Å². The quantitative estimate of drug-likeness (QED) is 0.773. The lowest BCUT2D eigenvalue weighted by atomic mass is 9.52. The number of benzene rings is 1. The van der Waals surface area contributed by atoms with Gasteiger partial charge in [-0.2, -0.15) is 5.26 Å². The Labute approximate surface area is 152 Å². The summed E-state index contributed by atoms with van der Waals surface area (Å²) in [5.74, 6) is 1.17. The van der Waals surface area contributed by atoms with E-state index in [1.54, 1.807) is 6.07 Å². The van der Waals surface area contributed by atoms with Gasteiger partial charge in [-0.15, -0.1) is 0 Å². The van der Waals surface area contributed by atoms with Crippen LogP contribution in [0.2, 0.25) is 5.02 Å². The first-order valence-corrected chi connectivity index (χ1v) is 9.52. The van der Waals surface area contributed by atoms with E-state index in [1.165, 1.54) is 31.4 Å². The zero-order valence-electron chi connectivity index (χ0n) is 14.2. The van der Waals surface area contributed by atoms with E-state index in [1.807, 2.05) is 4.90 Å². The molecule has 4 aliphatic rings. The molecule has 4 fully saturated rings. The molecule has 1 amide bonds. The predicted molar refractivity (Wildman–Crippen MR) is 93.6 cm³/mol. The first kappa shape index (κ1) is 16.8. The molecule has 0 heterocycles. The fraction of sp³-hybridized carbons (Fsp3) is 0.600. The standard InChI is InChI=1S/C20H22ClFN2O/c21-16-2-3-17(18(22)9-16)19(25)24(5-1-4-23)20-10-13-6-14(11-20)8-15(7-13)12-20/h2-3,9,13-15H,1,5-8,10-12H2. The molecule has 0 saturated heterocycles. The van der Waals surface area contributed by atoms with E-state index in [2.05, 4.69) is 6.07 Å². The lowest BCUT2D eigenvalue weighted by Crippen LogP contribution is -2.61. The number of hydrogen-bond donors (Lipinski definition) is 0. The Hall–Kier alpha value is -1.60. The molecule has 0 atom stereocenters. The van der Waals surface area contributed by atoms with Gasteiger partial charge in [0.1, 0.15) is 5.82 Å². The van der Waals surface area contributed by atoms with Crippen molar-refractivity contribution in [1.29, 1.82) is 5.26 Å². The fourth-order valence-electron chi connectivity index (χ4n) is 5.92. The number of rotatable bonds is 4. The SMILES string of the molecule is N#CCCN(C(=O)c1ccc(Cl)cc1F)C12CC3CC(CC(C3)C1)C2. The minimum absolute atomic E-state index is 0.0677. The number of nitriles is 1. The van der Waals surface area contributed by atoms with Crippen LogP contribution in [0, 0.1) is 34.9 Å². The summed E-state index contributed by atoms with van der Waals surface area (Å²) < 4.78 is 14.4. The summed E-state index contributed by atoms with van der Waals surface area (Å²) in [6.45, 7) is 0.379. The lowest BCUT2D eigenvalue weighted by Gasteiger charge is -2.60. The lowest BCUT2D eigenvalue weighted by molar-refractivity contribution is -0.0741. The van der Waals surface area contributed by atoms with E-state index >= 15 is 0 Å². The molecule has 0 spiro atoms. The van der Waals surface area contributed by atoms with Crippen molar-refractivity contribution >= 4 is 17.5 Å². The smallest absolute Gasteiger partial charge is 0.257 e. The summed E-state index contributed by atoms with van der Waals surface area (Å²) in [7, 11) is 0. The topological polar surface area (TPSA) is 44.1 Å². The zero-order chi connectivity index (χ0) is 17.6. The van der Waals surface area contributed by atoms with E-state index in [4.69, 9.17) is 16.9 Å². The minimum Gasteiger partial charge on any atom is -0.332 e. The number of nitrogens with zero attached hydrogens (tertiary/aromatic N) is 2. The normalized spacial score (nSPS) is 32.4. The van der Waals surface area contributed by atoms with Gasteiger partial charge in [0, 0.05) is 17.1 Å². The maximum Gasteiger partial charge on any atom is 0.257 e. The number of halogens is 2. The second-order valence-corrected chi connectivity index (χ2v) is 8.57. The van der Waals surface area contributed by atoms with Gasteiger partial charge in [-0.05, 0) is 74.5 Å². The second kappa shape index (κ2) is 6.29. The molecule has 1 aromatic rings. The molecule has 0 unspecified atom stereocenters. The van der Waals surface area contributed by atoms with Crippen LogP contribution < -0.4 is 0 Å². The maximum atomic E-state index is 14.4. The van der Waals surface area contributed by atoms with Gasteiger partial charge in [0.25, 0.3) is 5.91 Å². The summed E-state index contributed by atoms with van der Waals surface area (Å²) >= 11 is 5.83. The van der Waals surface area contributed by atoms with Crippen LogP contribution in [0.3, 0.4) is 0 Å². The van der Waals surface area contributed by atoms with Gasteiger partial charge in [0.15, 0.2) is 0 Å². The van der Waals surface area contributed by atoms with E-state index in [9.17, 15) is 9.18 Å². The molecule has 4 saturated carbocycles. The van der Waals surface area contributed by atoms with E-state index in [0.717, 1.165) is 19.3 Å². The highest BCUT2D eigenvalue weighted by Crippen LogP contribution is 2.58. The van der Waals surface area contributed by atoms with Crippen molar-refractivity contribution in [3.63, 3.8) is 0 Å². The molecule has 0 aliphatic heterocycles. The highest BCUT2D eigenvalue weighted by atomic mass is 35.5. The predicted octanol–water partition coefficient (Wildman–Crippen LogP) is 4.80. The van der Waals surface area contributed by atoms with Crippen molar-refractivity contribution in [2.45, 2.75) is 50.5 Å². The van der Waals surface area contributed by atoms with Gasteiger partial charge in [0.2, 0.25) is 0 Å². The molecular weight excluding hydrogens is 339 g/mol. The van der Waals surface area contributed by atoms with Crippen LogP contribution in [0.5, 0.6) is 0 Å². The van der Waals surface area contributed by atoms with Crippen molar-refractivity contribution in [2.75, 3.05) is 6.54 Å². The average Bonchev–Trinajstić information content (AvgIpc) is 2.53. The van der Waals surface area contributed by atoms with Gasteiger partial charge < -0.3 is 4.90 Å². The first-order chi connectivity index (χ1) is 12.0. The molecule has 25 heavy (non-hydrogen) atoms. The third kappa shape index (κ3) is 2.93. The number of amides is 1. The molecule has 5 rings (SSSR count). The van der Waals surface area contributed by atoms with Crippen molar-refractivity contribution in [1.82, 2.24) is 4.90 Å². The van der Waals surface area contributed by atoms with E-state index in [-0.39, 0.29) is 28.5 Å². The molecule has 1 aromatic carbocycles. The molecule has 4 aliphatic carbocycles. The van der Waals surface area contributed by atoms with Gasteiger partial charge in [-0.25, -0.2) is 4.39 Å². The molecule has 4 bridgehead atoms. The van der Waals surface area contributed by atoms with Crippen molar-refractivity contribution < 1.29 is 9.18 Å². The number of hydrogen-bond acceptors (Lipinski definition) is 2. The molecule has 0 N–H and O–H groups in total. The van der Waals surface area contributed by atoms with Crippen molar-refractivity contribution in [2.24, 2.45) is 17.8 Å². The van der Waals surface area contributed by atoms with Gasteiger partial charge in [-0.1, -0.05) is 11.6 Å².